The second-order valence-electron chi connectivity index (χ2n) is 6.32. The van der Waals surface area contributed by atoms with E-state index in [1.807, 2.05) is 12.1 Å². The van der Waals surface area contributed by atoms with E-state index in [1.165, 1.54) is 18.5 Å². The van der Waals surface area contributed by atoms with Gasteiger partial charge in [-0.1, -0.05) is 5.21 Å². The Labute approximate surface area is 130 Å². The van der Waals surface area contributed by atoms with Crippen LogP contribution < -0.4 is 0 Å². The van der Waals surface area contributed by atoms with Crippen LogP contribution in [0.4, 0.5) is 0 Å². The van der Waals surface area contributed by atoms with Gasteiger partial charge < -0.3 is 9.15 Å². The lowest BCUT2D eigenvalue weighted by Crippen LogP contribution is -2.38. The summed E-state index contributed by atoms with van der Waals surface area (Å²) in [6.45, 7) is 3.44. The molecule has 0 N–H and O–H groups in total. The highest BCUT2D eigenvalue weighted by molar-refractivity contribution is 5.20. The number of hydrogen-bond acceptors (Lipinski definition) is 5. The Morgan fingerprint density at radius 1 is 1.41 bits per heavy atom. The highest BCUT2D eigenvalue weighted by Crippen LogP contribution is 2.34. The smallest absolute Gasteiger partial charge is 0.117 e. The Morgan fingerprint density at radius 3 is 3.05 bits per heavy atom. The molecule has 6 heteroatoms. The van der Waals surface area contributed by atoms with Gasteiger partial charge in [0.1, 0.15) is 11.5 Å². The number of rotatable bonds is 6. The van der Waals surface area contributed by atoms with Gasteiger partial charge >= 0.3 is 0 Å². The largest absolute Gasteiger partial charge is 0.468 e. The van der Waals surface area contributed by atoms with Crippen molar-refractivity contribution in [3.8, 4) is 0 Å². The van der Waals surface area contributed by atoms with Crippen LogP contribution in [0.15, 0.2) is 22.8 Å². The van der Waals surface area contributed by atoms with Crippen LogP contribution >= 0.6 is 0 Å². The van der Waals surface area contributed by atoms with Crippen LogP contribution in [-0.2, 0) is 24.2 Å². The molecule has 2 aliphatic rings. The van der Waals surface area contributed by atoms with E-state index < -0.39 is 0 Å². The summed E-state index contributed by atoms with van der Waals surface area (Å²) in [5.74, 6) is 1.79. The van der Waals surface area contributed by atoms with Crippen LogP contribution in [0.2, 0.25) is 0 Å². The third kappa shape index (κ3) is 2.68. The first-order valence-corrected chi connectivity index (χ1v) is 8.02. The van der Waals surface area contributed by atoms with Crippen molar-refractivity contribution in [1.82, 2.24) is 19.9 Å². The quantitative estimate of drug-likeness (QED) is 0.817. The van der Waals surface area contributed by atoms with Crippen molar-refractivity contribution < 1.29 is 9.15 Å². The maximum Gasteiger partial charge on any atom is 0.117 e. The number of aromatic nitrogens is 3. The molecule has 1 aliphatic heterocycles. The number of fused-ring (bicyclic) bond motifs is 1. The summed E-state index contributed by atoms with van der Waals surface area (Å²) in [6, 6.07) is 4.11. The van der Waals surface area contributed by atoms with E-state index in [1.54, 1.807) is 13.4 Å². The fraction of sp³-hybridized carbons (Fsp3) is 0.625. The normalized spacial score (nSPS) is 22.0. The fourth-order valence-corrected chi connectivity index (χ4v) is 3.27. The molecule has 0 spiro atoms. The minimum atomic E-state index is 0.159. The Bertz CT molecular complexity index is 618. The van der Waals surface area contributed by atoms with Crippen molar-refractivity contribution in [3.05, 3.63) is 35.5 Å². The molecule has 1 saturated carbocycles. The first-order chi connectivity index (χ1) is 10.8. The van der Waals surface area contributed by atoms with Crippen LogP contribution in [0, 0.1) is 5.92 Å². The summed E-state index contributed by atoms with van der Waals surface area (Å²) >= 11 is 0. The van der Waals surface area contributed by atoms with E-state index in [9.17, 15) is 0 Å². The molecule has 0 bridgehead atoms. The SMILES string of the molecule is COC[C@@H]1c2nnn(CC3CC3)c2CCN1Cc1ccco1. The molecule has 0 amide bonds. The first kappa shape index (κ1) is 14.0. The van der Waals surface area contributed by atoms with Crippen LogP contribution in [0.5, 0.6) is 0 Å². The average molecular weight is 302 g/mol. The first-order valence-electron chi connectivity index (χ1n) is 8.02. The van der Waals surface area contributed by atoms with Gasteiger partial charge in [0.05, 0.1) is 31.2 Å². The standard InChI is InChI=1S/C16H22N4O2/c1-21-11-15-16-14(20(18-17-16)9-12-4-5-12)6-7-19(15)10-13-3-2-8-22-13/h2-3,8,12,15H,4-7,9-11H2,1H3/t15-/m1/s1. The van der Waals surface area contributed by atoms with E-state index in [-0.39, 0.29) is 6.04 Å². The summed E-state index contributed by atoms with van der Waals surface area (Å²) in [7, 11) is 1.74. The lowest BCUT2D eigenvalue weighted by Gasteiger charge is -2.33. The molecule has 0 radical (unpaired) electrons. The van der Waals surface area contributed by atoms with E-state index >= 15 is 0 Å². The van der Waals surface area contributed by atoms with Crippen LogP contribution in [-0.4, -0.2) is 40.2 Å². The van der Waals surface area contributed by atoms with Crippen molar-refractivity contribution in [2.75, 3.05) is 20.3 Å². The van der Waals surface area contributed by atoms with E-state index in [0.29, 0.717) is 6.61 Å². The lowest BCUT2D eigenvalue weighted by molar-refractivity contribution is 0.0704. The van der Waals surface area contributed by atoms with E-state index in [4.69, 9.17) is 9.15 Å². The Kier molecular flexibility index (Phi) is 3.72. The topological polar surface area (TPSA) is 56.3 Å². The highest BCUT2D eigenvalue weighted by atomic mass is 16.5. The van der Waals surface area contributed by atoms with Crippen LogP contribution in [0.1, 0.15) is 36.0 Å². The third-order valence-electron chi connectivity index (χ3n) is 4.65. The van der Waals surface area contributed by atoms with Crippen LogP contribution in [0.25, 0.3) is 0 Å². The van der Waals surface area contributed by atoms with E-state index in [2.05, 4.69) is 19.9 Å². The minimum absolute atomic E-state index is 0.159. The number of nitrogens with zero attached hydrogens (tertiary/aromatic N) is 4. The molecule has 1 atom stereocenters. The summed E-state index contributed by atoms with van der Waals surface area (Å²) in [5, 5.41) is 8.88. The molecular formula is C16H22N4O2. The van der Waals surface area contributed by atoms with Crippen molar-refractivity contribution in [2.45, 2.75) is 38.4 Å². The van der Waals surface area contributed by atoms with Gasteiger partial charge in [0, 0.05) is 26.6 Å². The van der Waals surface area contributed by atoms with Crippen molar-refractivity contribution in [3.63, 3.8) is 0 Å². The molecular weight excluding hydrogens is 280 g/mol. The van der Waals surface area contributed by atoms with Gasteiger partial charge in [-0.15, -0.1) is 5.10 Å². The van der Waals surface area contributed by atoms with Gasteiger partial charge in [-0.25, -0.2) is 4.68 Å². The van der Waals surface area contributed by atoms with Gasteiger partial charge in [-0.2, -0.15) is 0 Å². The van der Waals surface area contributed by atoms with Crippen molar-refractivity contribution in [2.24, 2.45) is 5.92 Å². The fourth-order valence-electron chi connectivity index (χ4n) is 3.27. The molecule has 2 aromatic rings. The summed E-state index contributed by atoms with van der Waals surface area (Å²) in [6.07, 6.45) is 5.39. The number of hydrogen-bond donors (Lipinski definition) is 0. The zero-order valence-electron chi connectivity index (χ0n) is 12.9. The van der Waals surface area contributed by atoms with Gasteiger partial charge in [-0.3, -0.25) is 4.90 Å². The predicted octanol–water partition coefficient (Wildman–Crippen LogP) is 2.03. The maximum absolute atomic E-state index is 5.49. The number of ether oxygens (including phenoxy) is 1. The van der Waals surface area contributed by atoms with Crippen molar-refractivity contribution in [1.29, 1.82) is 0 Å². The predicted molar refractivity (Wildman–Crippen MR) is 80.2 cm³/mol. The molecule has 1 aliphatic carbocycles. The summed E-state index contributed by atoms with van der Waals surface area (Å²) in [5.41, 5.74) is 2.38. The highest BCUT2D eigenvalue weighted by Gasteiger charge is 2.33. The lowest BCUT2D eigenvalue weighted by atomic mass is 10.0. The molecule has 22 heavy (non-hydrogen) atoms. The maximum atomic E-state index is 5.49. The molecule has 1 fully saturated rings. The van der Waals surface area contributed by atoms with Gasteiger partial charge in [0.2, 0.25) is 0 Å². The average Bonchev–Trinajstić information content (AvgIpc) is 3.02. The monoisotopic (exact) mass is 302 g/mol. The second kappa shape index (κ2) is 5.85. The molecule has 3 heterocycles. The molecule has 6 nitrogen and oxygen atoms in total. The zero-order chi connectivity index (χ0) is 14.9. The Hall–Kier alpha value is -1.66. The molecule has 0 aromatic carbocycles. The number of methoxy groups -OCH3 is 1. The van der Waals surface area contributed by atoms with Crippen molar-refractivity contribution >= 4 is 0 Å². The molecule has 118 valence electrons. The van der Waals surface area contributed by atoms with Crippen LogP contribution in [0.3, 0.4) is 0 Å². The van der Waals surface area contributed by atoms with Gasteiger partial charge in [0.15, 0.2) is 0 Å². The van der Waals surface area contributed by atoms with Gasteiger partial charge in [0.25, 0.3) is 0 Å². The summed E-state index contributed by atoms with van der Waals surface area (Å²) in [4.78, 5) is 2.38. The Morgan fingerprint density at radius 2 is 2.32 bits per heavy atom. The zero-order valence-corrected chi connectivity index (χ0v) is 12.9. The van der Waals surface area contributed by atoms with Gasteiger partial charge in [-0.05, 0) is 30.9 Å². The third-order valence-corrected chi connectivity index (χ3v) is 4.65. The Balaban J connectivity index is 1.57. The van der Waals surface area contributed by atoms with E-state index in [0.717, 1.165) is 43.4 Å². The molecule has 2 aromatic heterocycles. The summed E-state index contributed by atoms with van der Waals surface area (Å²) < 4.78 is 13.1. The molecule has 4 rings (SSSR count). The second-order valence-corrected chi connectivity index (χ2v) is 6.32. The minimum Gasteiger partial charge on any atom is -0.468 e. The number of furan rings is 1. The molecule has 0 unspecified atom stereocenters. The molecule has 0 saturated heterocycles.